The Kier molecular flexibility index (Phi) is 7.56. The topological polar surface area (TPSA) is 47.3 Å². The van der Waals surface area contributed by atoms with E-state index >= 15 is 0 Å². The average molecular weight is 254 g/mol. The summed E-state index contributed by atoms with van der Waals surface area (Å²) >= 11 is 0. The predicted molar refractivity (Wildman–Crippen MR) is 77.1 cm³/mol. The largest absolute Gasteiger partial charge is 0.376 e. The fourth-order valence-corrected chi connectivity index (χ4v) is 2.78. The Bertz CT molecular complexity index is 251. The molecule has 0 fully saturated rings. The third-order valence-corrected chi connectivity index (χ3v) is 3.75. The molecule has 2 atom stereocenters. The van der Waals surface area contributed by atoms with Gasteiger partial charge in [0.2, 0.25) is 0 Å². The van der Waals surface area contributed by atoms with Crippen LogP contribution in [0.1, 0.15) is 59.3 Å². The number of nitrogens with one attached hydrogen (secondary N) is 1. The first kappa shape index (κ1) is 15.7. The second-order valence-electron chi connectivity index (χ2n) is 5.54. The first-order valence-electron chi connectivity index (χ1n) is 7.47. The minimum atomic E-state index is 0.169. The highest BCUT2D eigenvalue weighted by Crippen LogP contribution is 2.24. The smallest absolute Gasteiger partial charge is 0.0802 e. The minimum absolute atomic E-state index is 0.169. The van der Waals surface area contributed by atoms with Gasteiger partial charge in [0.25, 0.3) is 0 Å². The molecule has 0 aromatic heterocycles. The lowest BCUT2D eigenvalue weighted by Gasteiger charge is -2.32. The number of hydrogen-bond acceptors (Lipinski definition) is 3. The fraction of sp³-hybridized carbons (Fsp3) is 0.867. The molecule has 3 N–H and O–H groups in total. The molecule has 0 bridgehead atoms. The van der Waals surface area contributed by atoms with Crippen molar-refractivity contribution in [3.63, 3.8) is 0 Å². The monoisotopic (exact) mass is 254 g/mol. The molecule has 1 rings (SSSR count). The lowest BCUT2D eigenvalue weighted by atomic mass is 9.88. The molecule has 18 heavy (non-hydrogen) atoms. The van der Waals surface area contributed by atoms with Gasteiger partial charge in [-0.3, -0.25) is 11.3 Å². The van der Waals surface area contributed by atoms with Gasteiger partial charge in [-0.2, -0.15) is 0 Å². The maximum absolute atomic E-state index is 5.90. The molecule has 0 heterocycles. The van der Waals surface area contributed by atoms with E-state index in [1.165, 1.54) is 37.7 Å². The zero-order chi connectivity index (χ0) is 13.4. The summed E-state index contributed by atoms with van der Waals surface area (Å²) in [7, 11) is 0. The molecule has 2 unspecified atom stereocenters. The summed E-state index contributed by atoms with van der Waals surface area (Å²) in [6.45, 7) is 7.20. The third-order valence-electron chi connectivity index (χ3n) is 3.75. The minimum Gasteiger partial charge on any atom is -0.376 e. The van der Waals surface area contributed by atoms with Gasteiger partial charge in [0.15, 0.2) is 0 Å². The van der Waals surface area contributed by atoms with Crippen LogP contribution in [0.25, 0.3) is 0 Å². The van der Waals surface area contributed by atoms with Gasteiger partial charge in [-0.15, -0.1) is 0 Å². The van der Waals surface area contributed by atoms with Crippen LogP contribution in [0.3, 0.4) is 0 Å². The van der Waals surface area contributed by atoms with E-state index in [-0.39, 0.29) is 12.1 Å². The highest BCUT2D eigenvalue weighted by molar-refractivity contribution is 5.14. The molecule has 0 saturated carbocycles. The number of allylic oxidation sites excluding steroid dienone is 1. The van der Waals surface area contributed by atoms with Crippen LogP contribution < -0.4 is 11.3 Å². The first-order chi connectivity index (χ1) is 8.70. The van der Waals surface area contributed by atoms with Crippen LogP contribution in [-0.4, -0.2) is 18.8 Å². The van der Waals surface area contributed by atoms with Crippen molar-refractivity contribution in [2.75, 3.05) is 6.61 Å². The predicted octanol–water partition coefficient (Wildman–Crippen LogP) is 3.16. The van der Waals surface area contributed by atoms with Gasteiger partial charge in [-0.25, -0.2) is 0 Å². The van der Waals surface area contributed by atoms with Crippen molar-refractivity contribution in [2.24, 2.45) is 11.8 Å². The second kappa shape index (κ2) is 8.68. The standard InChI is InChI=1S/C15H30N2O/c1-4-18-15(12(2)3)14(17-16)13-10-8-6-5-7-9-11-13/h10,12,14-15,17H,4-9,11,16H2,1-3H3. The molecule has 1 aliphatic rings. The number of nitrogens with two attached hydrogens (primary N) is 1. The van der Waals surface area contributed by atoms with Crippen molar-refractivity contribution < 1.29 is 4.74 Å². The first-order valence-corrected chi connectivity index (χ1v) is 7.47. The lowest BCUT2D eigenvalue weighted by molar-refractivity contribution is 0.0111. The van der Waals surface area contributed by atoms with Crippen LogP contribution >= 0.6 is 0 Å². The Hall–Kier alpha value is -0.380. The second-order valence-corrected chi connectivity index (χ2v) is 5.54. The summed E-state index contributed by atoms with van der Waals surface area (Å²) in [5.74, 6) is 6.26. The van der Waals surface area contributed by atoms with E-state index in [1.54, 1.807) is 0 Å². The quantitative estimate of drug-likeness (QED) is 0.435. The molecule has 0 aliphatic heterocycles. The Morgan fingerprint density at radius 1 is 1.28 bits per heavy atom. The Labute approximate surface area is 112 Å². The summed E-state index contributed by atoms with van der Waals surface area (Å²) in [5, 5.41) is 0. The van der Waals surface area contributed by atoms with Crippen LogP contribution in [0.4, 0.5) is 0 Å². The molecule has 3 nitrogen and oxygen atoms in total. The Balaban J connectivity index is 2.77. The molecular formula is C15H30N2O. The van der Waals surface area contributed by atoms with Gasteiger partial charge >= 0.3 is 0 Å². The average Bonchev–Trinajstić information content (AvgIpc) is 2.30. The number of ether oxygens (including phenoxy) is 1. The van der Waals surface area contributed by atoms with E-state index < -0.39 is 0 Å². The van der Waals surface area contributed by atoms with Crippen LogP contribution in [0.15, 0.2) is 11.6 Å². The molecule has 0 aromatic carbocycles. The normalized spacial score (nSPS) is 21.1. The molecule has 0 aromatic rings. The summed E-state index contributed by atoms with van der Waals surface area (Å²) in [6, 6.07) is 0.169. The van der Waals surface area contributed by atoms with Crippen LogP contribution in [0.5, 0.6) is 0 Å². The highest BCUT2D eigenvalue weighted by atomic mass is 16.5. The van der Waals surface area contributed by atoms with Crippen molar-refractivity contribution in [1.82, 2.24) is 5.43 Å². The fourth-order valence-electron chi connectivity index (χ4n) is 2.78. The number of rotatable bonds is 6. The molecule has 1 aliphatic carbocycles. The number of hydrogen-bond donors (Lipinski definition) is 2. The SMILES string of the molecule is CCOC(C(C)C)C(NN)C1=CCCCCCC1. The van der Waals surface area contributed by atoms with E-state index in [2.05, 4.69) is 32.3 Å². The van der Waals surface area contributed by atoms with Gasteiger partial charge in [-0.1, -0.05) is 38.3 Å². The van der Waals surface area contributed by atoms with Crippen LogP contribution in [0.2, 0.25) is 0 Å². The van der Waals surface area contributed by atoms with Gasteiger partial charge in [0.05, 0.1) is 12.1 Å². The highest BCUT2D eigenvalue weighted by Gasteiger charge is 2.27. The van der Waals surface area contributed by atoms with Gasteiger partial charge in [0, 0.05) is 6.61 Å². The molecule has 0 amide bonds. The summed E-state index contributed by atoms with van der Waals surface area (Å²) < 4.78 is 5.90. The van der Waals surface area contributed by atoms with Crippen molar-refractivity contribution in [3.05, 3.63) is 11.6 Å². The summed E-state index contributed by atoms with van der Waals surface area (Å²) in [4.78, 5) is 0. The van der Waals surface area contributed by atoms with Gasteiger partial charge in [-0.05, 0) is 38.5 Å². The molecule has 3 heteroatoms. The maximum atomic E-state index is 5.90. The molecular weight excluding hydrogens is 224 g/mol. The zero-order valence-electron chi connectivity index (χ0n) is 12.2. The maximum Gasteiger partial charge on any atom is 0.0802 e. The molecule has 0 saturated heterocycles. The van der Waals surface area contributed by atoms with Crippen molar-refractivity contribution in [3.8, 4) is 0 Å². The van der Waals surface area contributed by atoms with E-state index in [1.807, 2.05) is 0 Å². The van der Waals surface area contributed by atoms with Gasteiger partial charge < -0.3 is 4.74 Å². The van der Waals surface area contributed by atoms with Crippen LogP contribution in [-0.2, 0) is 4.74 Å². The van der Waals surface area contributed by atoms with Crippen molar-refractivity contribution in [1.29, 1.82) is 0 Å². The van der Waals surface area contributed by atoms with Crippen molar-refractivity contribution in [2.45, 2.75) is 71.4 Å². The van der Waals surface area contributed by atoms with Crippen LogP contribution in [0, 0.1) is 5.92 Å². The van der Waals surface area contributed by atoms with E-state index in [0.29, 0.717) is 5.92 Å². The van der Waals surface area contributed by atoms with Gasteiger partial charge in [0.1, 0.15) is 0 Å². The number of hydrazine groups is 1. The van der Waals surface area contributed by atoms with E-state index in [4.69, 9.17) is 10.6 Å². The van der Waals surface area contributed by atoms with Crippen molar-refractivity contribution >= 4 is 0 Å². The molecule has 0 spiro atoms. The summed E-state index contributed by atoms with van der Waals surface area (Å²) in [5.41, 5.74) is 4.44. The lowest BCUT2D eigenvalue weighted by Crippen LogP contribution is -2.48. The zero-order valence-corrected chi connectivity index (χ0v) is 12.2. The molecule has 106 valence electrons. The third kappa shape index (κ3) is 4.71. The molecule has 0 radical (unpaired) electrons. The Morgan fingerprint density at radius 2 is 2.00 bits per heavy atom. The summed E-state index contributed by atoms with van der Waals surface area (Å²) in [6.07, 6.45) is 10.2. The Morgan fingerprint density at radius 3 is 2.61 bits per heavy atom. The van der Waals surface area contributed by atoms with E-state index in [0.717, 1.165) is 13.0 Å². The van der Waals surface area contributed by atoms with E-state index in [9.17, 15) is 0 Å².